The minimum absolute atomic E-state index is 0. The predicted octanol–water partition coefficient (Wildman–Crippen LogP) is 0.637. The van der Waals surface area contributed by atoms with Crippen LogP contribution in [0.2, 0.25) is 0 Å². The zero-order valence-corrected chi connectivity index (χ0v) is 7.85. The maximum atomic E-state index is 11.1. The van der Waals surface area contributed by atoms with E-state index in [1.807, 2.05) is 0 Å². The van der Waals surface area contributed by atoms with Crippen molar-refractivity contribution in [1.29, 1.82) is 0 Å². The zero-order chi connectivity index (χ0) is 11.6. The molecule has 0 spiro atoms. The summed E-state index contributed by atoms with van der Waals surface area (Å²) in [7, 11) is 0. The number of rotatable bonds is 3. The topological polar surface area (TPSA) is 91.7 Å². The van der Waals surface area contributed by atoms with E-state index in [2.05, 4.69) is 0 Å². The summed E-state index contributed by atoms with van der Waals surface area (Å²) in [6.45, 7) is 1.19. The first-order valence-electron chi connectivity index (χ1n) is 4.05. The standard InChI is InChI=1S/C10H8O5.Li.H/c1-5(11)8-4-6(9(12)13)2-3-7(8)10(14)15;;/h2-4H,1H3,(H,12,13)(H,14,15);;. The van der Waals surface area contributed by atoms with Crippen LogP contribution < -0.4 is 0 Å². The van der Waals surface area contributed by atoms with Crippen molar-refractivity contribution >= 4 is 36.6 Å². The Morgan fingerprint density at radius 2 is 1.56 bits per heavy atom. The van der Waals surface area contributed by atoms with Crippen LogP contribution in [0, 0.1) is 0 Å². The van der Waals surface area contributed by atoms with Gasteiger partial charge in [0.15, 0.2) is 5.78 Å². The number of hydrogen-bond acceptors (Lipinski definition) is 3. The van der Waals surface area contributed by atoms with Crippen molar-refractivity contribution in [3.63, 3.8) is 0 Å². The first-order valence-corrected chi connectivity index (χ1v) is 4.05. The van der Waals surface area contributed by atoms with Crippen LogP contribution in [-0.2, 0) is 0 Å². The molecule has 0 aliphatic heterocycles. The first-order chi connectivity index (χ1) is 6.93. The Kier molecular flexibility index (Phi) is 4.95. The number of carbonyl (C=O) groups is 3. The normalized spacial score (nSPS) is 9.06. The fourth-order valence-electron chi connectivity index (χ4n) is 1.16. The molecule has 0 aliphatic rings. The number of ketones is 1. The number of carbonyl (C=O) groups excluding carboxylic acids is 1. The molecule has 0 fully saturated rings. The van der Waals surface area contributed by atoms with Crippen molar-refractivity contribution in [1.82, 2.24) is 0 Å². The molecule has 0 aliphatic carbocycles. The van der Waals surface area contributed by atoms with Gasteiger partial charge in [0.05, 0.1) is 11.1 Å². The molecule has 0 atom stereocenters. The number of carboxylic acid groups (broad SMARTS) is 2. The third kappa shape index (κ3) is 2.96. The second-order valence-electron chi connectivity index (χ2n) is 2.93. The molecular formula is C10H9LiO5. The van der Waals surface area contributed by atoms with Crippen LogP contribution in [0.5, 0.6) is 0 Å². The summed E-state index contributed by atoms with van der Waals surface area (Å²) in [6, 6.07) is 3.33. The molecule has 6 heteroatoms. The fourth-order valence-corrected chi connectivity index (χ4v) is 1.16. The van der Waals surface area contributed by atoms with Crippen molar-refractivity contribution in [3.8, 4) is 0 Å². The van der Waals surface area contributed by atoms with Gasteiger partial charge in [-0.25, -0.2) is 9.59 Å². The molecule has 0 saturated carbocycles. The fraction of sp³-hybridized carbons (Fsp3) is 0.100. The molecule has 1 aromatic carbocycles. The van der Waals surface area contributed by atoms with Gasteiger partial charge in [0.25, 0.3) is 0 Å². The van der Waals surface area contributed by atoms with Gasteiger partial charge >= 0.3 is 30.8 Å². The van der Waals surface area contributed by atoms with Crippen LogP contribution in [0.1, 0.15) is 38.0 Å². The molecule has 80 valence electrons. The molecule has 0 amide bonds. The Labute approximate surface area is 103 Å². The van der Waals surface area contributed by atoms with E-state index in [1.165, 1.54) is 6.92 Å². The van der Waals surface area contributed by atoms with Gasteiger partial charge in [-0.05, 0) is 25.1 Å². The first kappa shape index (κ1) is 14.4. The van der Waals surface area contributed by atoms with E-state index in [-0.39, 0.29) is 35.6 Å². The molecule has 1 rings (SSSR count). The summed E-state index contributed by atoms with van der Waals surface area (Å²) < 4.78 is 0. The Hall–Kier alpha value is -1.57. The molecule has 0 bridgehead atoms. The average molecular weight is 216 g/mol. The summed E-state index contributed by atoms with van der Waals surface area (Å²) in [6.07, 6.45) is 0. The van der Waals surface area contributed by atoms with E-state index >= 15 is 0 Å². The number of benzene rings is 1. The van der Waals surface area contributed by atoms with E-state index in [0.717, 1.165) is 18.2 Å². The number of Topliss-reactive ketones (excluding diaryl/α,β-unsaturated/α-hetero) is 1. The van der Waals surface area contributed by atoms with Crippen molar-refractivity contribution in [2.45, 2.75) is 6.92 Å². The van der Waals surface area contributed by atoms with Crippen molar-refractivity contribution in [2.75, 3.05) is 0 Å². The number of aromatic carboxylic acids is 2. The second kappa shape index (κ2) is 5.49. The molecular weight excluding hydrogens is 207 g/mol. The van der Waals surface area contributed by atoms with Crippen LogP contribution in [0.4, 0.5) is 0 Å². The van der Waals surface area contributed by atoms with Gasteiger partial charge in [0, 0.05) is 5.56 Å². The van der Waals surface area contributed by atoms with Gasteiger partial charge < -0.3 is 10.2 Å². The van der Waals surface area contributed by atoms with Gasteiger partial charge in [0.1, 0.15) is 0 Å². The summed E-state index contributed by atoms with van der Waals surface area (Å²) in [5, 5.41) is 17.4. The van der Waals surface area contributed by atoms with Crippen molar-refractivity contribution in [2.24, 2.45) is 0 Å². The molecule has 0 unspecified atom stereocenters. The van der Waals surface area contributed by atoms with Crippen LogP contribution >= 0.6 is 0 Å². The molecule has 2 N–H and O–H groups in total. The molecule has 0 saturated heterocycles. The molecule has 0 aromatic heterocycles. The Bertz CT molecular complexity index is 453. The summed E-state index contributed by atoms with van der Waals surface area (Å²) in [4.78, 5) is 32.4. The van der Waals surface area contributed by atoms with E-state index in [1.54, 1.807) is 0 Å². The van der Waals surface area contributed by atoms with Gasteiger partial charge in [-0.2, -0.15) is 0 Å². The quantitative estimate of drug-likeness (QED) is 0.571. The van der Waals surface area contributed by atoms with Crippen molar-refractivity contribution in [3.05, 3.63) is 34.9 Å². The third-order valence-electron chi connectivity index (χ3n) is 1.88. The number of carboxylic acids is 2. The molecule has 5 nitrogen and oxygen atoms in total. The number of hydrogen-bond donors (Lipinski definition) is 2. The molecule has 0 radical (unpaired) electrons. The molecule has 0 heterocycles. The van der Waals surface area contributed by atoms with Gasteiger partial charge in [-0.1, -0.05) is 0 Å². The van der Waals surface area contributed by atoms with Crippen LogP contribution in [0.15, 0.2) is 18.2 Å². The SMILES string of the molecule is CC(=O)c1cc(C(=O)O)ccc1C(=O)O.[LiH]. The molecule has 16 heavy (non-hydrogen) atoms. The molecule has 1 aromatic rings. The maximum absolute atomic E-state index is 11.1. The van der Waals surface area contributed by atoms with Crippen LogP contribution in [0.3, 0.4) is 0 Å². The minimum atomic E-state index is -1.25. The third-order valence-corrected chi connectivity index (χ3v) is 1.88. The van der Waals surface area contributed by atoms with Crippen LogP contribution in [0.25, 0.3) is 0 Å². The summed E-state index contributed by atoms with van der Waals surface area (Å²) >= 11 is 0. The van der Waals surface area contributed by atoms with Crippen LogP contribution in [-0.4, -0.2) is 46.8 Å². The monoisotopic (exact) mass is 216 g/mol. The Balaban J connectivity index is 0.00000225. The van der Waals surface area contributed by atoms with Gasteiger partial charge in [0.2, 0.25) is 0 Å². The Morgan fingerprint density at radius 1 is 1.00 bits per heavy atom. The van der Waals surface area contributed by atoms with E-state index in [9.17, 15) is 14.4 Å². The predicted molar refractivity (Wildman–Crippen MR) is 57.5 cm³/mol. The van der Waals surface area contributed by atoms with Gasteiger partial charge in [-0.3, -0.25) is 4.79 Å². The van der Waals surface area contributed by atoms with E-state index in [0.29, 0.717) is 0 Å². The average Bonchev–Trinajstić information content (AvgIpc) is 2.16. The summed E-state index contributed by atoms with van der Waals surface area (Å²) in [5.74, 6) is -2.93. The van der Waals surface area contributed by atoms with Gasteiger partial charge in [-0.15, -0.1) is 0 Å². The van der Waals surface area contributed by atoms with E-state index < -0.39 is 17.7 Å². The zero-order valence-electron chi connectivity index (χ0n) is 7.85. The van der Waals surface area contributed by atoms with E-state index in [4.69, 9.17) is 10.2 Å². The Morgan fingerprint density at radius 3 is 1.94 bits per heavy atom. The second-order valence-corrected chi connectivity index (χ2v) is 2.93. The van der Waals surface area contributed by atoms with Crippen molar-refractivity contribution < 1.29 is 24.6 Å². The summed E-state index contributed by atoms with van der Waals surface area (Å²) in [5.41, 5.74) is -0.389.